The van der Waals surface area contributed by atoms with Crippen molar-refractivity contribution in [2.75, 3.05) is 0 Å². The van der Waals surface area contributed by atoms with Gasteiger partial charge >= 0.3 is 0 Å². The fraction of sp³-hybridized carbons (Fsp3) is 0.172. The van der Waals surface area contributed by atoms with Gasteiger partial charge in [-0.05, 0) is 42.2 Å². The molecule has 4 heteroatoms. The van der Waals surface area contributed by atoms with E-state index in [0.717, 1.165) is 25.1 Å². The number of hydrogen-bond donors (Lipinski definition) is 0. The van der Waals surface area contributed by atoms with Crippen molar-refractivity contribution in [2.45, 2.75) is 32.5 Å². The lowest BCUT2D eigenvalue weighted by Gasteiger charge is -2.31. The molecule has 0 bridgehead atoms. The van der Waals surface area contributed by atoms with Crippen LogP contribution in [0.4, 0.5) is 0 Å². The molecule has 4 aromatic rings. The first-order valence-electron chi connectivity index (χ1n) is 11.3. The smallest absolute Gasteiger partial charge is 0.247 e. The van der Waals surface area contributed by atoms with E-state index in [0.29, 0.717) is 11.8 Å². The molecule has 0 N–H and O–H groups in total. The first kappa shape index (κ1) is 21.1. The molecule has 164 valence electrons. The summed E-state index contributed by atoms with van der Waals surface area (Å²) in [5, 5.41) is 8.97. The van der Waals surface area contributed by atoms with E-state index in [1.165, 1.54) is 22.3 Å². The van der Waals surface area contributed by atoms with Crippen molar-refractivity contribution in [2.24, 2.45) is 0 Å². The molecule has 4 nitrogen and oxygen atoms in total. The summed E-state index contributed by atoms with van der Waals surface area (Å²) in [6.07, 6.45) is 7.36. The van der Waals surface area contributed by atoms with Crippen LogP contribution in [0.15, 0.2) is 113 Å². The summed E-state index contributed by atoms with van der Waals surface area (Å²) in [4.78, 5) is 2.43. The first-order chi connectivity index (χ1) is 16.3. The van der Waals surface area contributed by atoms with E-state index in [-0.39, 0.29) is 6.04 Å². The average molecular weight is 434 g/mol. The second kappa shape index (κ2) is 9.80. The topological polar surface area (TPSA) is 42.2 Å². The number of rotatable bonds is 8. The monoisotopic (exact) mass is 433 g/mol. The first-order valence-corrected chi connectivity index (χ1v) is 11.3. The minimum absolute atomic E-state index is 0.105. The normalized spacial score (nSPS) is 13.9. The predicted molar refractivity (Wildman–Crippen MR) is 131 cm³/mol. The zero-order valence-electron chi connectivity index (χ0n) is 18.8. The van der Waals surface area contributed by atoms with Gasteiger partial charge in [0.1, 0.15) is 6.04 Å². The maximum absolute atomic E-state index is 6.32. The van der Waals surface area contributed by atoms with E-state index in [9.17, 15) is 0 Å². The standard InChI is InChI=1S/C29H27N3O/c1-22-11-10-18-26(19-22)28-30-31-29(33-28)27(25-16-8-9-17-25)32(20-23-12-4-2-5-13-23)21-24-14-6-3-7-15-24/h2-16,18-19,27H,17,20-21H2,1H3. The Morgan fingerprint density at radius 3 is 2.15 bits per heavy atom. The molecule has 0 saturated carbocycles. The van der Waals surface area contributed by atoms with E-state index in [2.05, 4.69) is 113 Å². The van der Waals surface area contributed by atoms with E-state index < -0.39 is 0 Å². The summed E-state index contributed by atoms with van der Waals surface area (Å²) >= 11 is 0. The van der Waals surface area contributed by atoms with Crippen molar-refractivity contribution in [3.8, 4) is 11.5 Å². The van der Waals surface area contributed by atoms with E-state index in [4.69, 9.17) is 4.42 Å². The quantitative estimate of drug-likeness (QED) is 0.311. The number of hydrogen-bond acceptors (Lipinski definition) is 4. The third-order valence-corrected chi connectivity index (χ3v) is 5.91. The van der Waals surface area contributed by atoms with Crippen molar-refractivity contribution in [3.63, 3.8) is 0 Å². The molecule has 0 amide bonds. The summed E-state index contributed by atoms with van der Waals surface area (Å²) in [6.45, 7) is 3.62. The van der Waals surface area contributed by atoms with Crippen molar-refractivity contribution >= 4 is 0 Å². The van der Waals surface area contributed by atoms with Crippen LogP contribution < -0.4 is 0 Å². The van der Waals surface area contributed by atoms with Gasteiger partial charge in [0.25, 0.3) is 0 Å². The zero-order valence-corrected chi connectivity index (χ0v) is 18.8. The van der Waals surface area contributed by atoms with Crippen molar-refractivity contribution in [1.82, 2.24) is 15.1 Å². The zero-order chi connectivity index (χ0) is 22.5. The third-order valence-electron chi connectivity index (χ3n) is 5.91. The lowest BCUT2D eigenvalue weighted by molar-refractivity contribution is 0.177. The van der Waals surface area contributed by atoms with E-state index >= 15 is 0 Å². The van der Waals surface area contributed by atoms with Crippen LogP contribution in [-0.4, -0.2) is 15.1 Å². The van der Waals surface area contributed by atoms with Gasteiger partial charge in [-0.25, -0.2) is 0 Å². The lowest BCUT2D eigenvalue weighted by Crippen LogP contribution is -2.29. The molecule has 1 unspecified atom stereocenters. The molecule has 0 spiro atoms. The van der Waals surface area contributed by atoms with Crippen molar-refractivity contribution in [3.05, 3.63) is 131 Å². The molecular weight excluding hydrogens is 406 g/mol. The van der Waals surface area contributed by atoms with Gasteiger partial charge in [-0.15, -0.1) is 10.2 Å². The Hall–Kier alpha value is -3.76. The number of nitrogens with zero attached hydrogens (tertiary/aromatic N) is 3. The highest BCUT2D eigenvalue weighted by molar-refractivity contribution is 5.53. The number of aryl methyl sites for hydroxylation is 1. The molecule has 0 aliphatic heterocycles. The van der Waals surface area contributed by atoms with Crippen LogP contribution in [0.1, 0.15) is 35.0 Å². The highest BCUT2D eigenvalue weighted by Crippen LogP contribution is 2.36. The van der Waals surface area contributed by atoms with Gasteiger partial charge in [0, 0.05) is 18.7 Å². The van der Waals surface area contributed by atoms with Gasteiger partial charge in [-0.1, -0.05) is 96.6 Å². The van der Waals surface area contributed by atoms with Crippen LogP contribution in [-0.2, 0) is 13.1 Å². The Morgan fingerprint density at radius 2 is 1.55 bits per heavy atom. The molecule has 0 saturated heterocycles. The Morgan fingerprint density at radius 1 is 0.848 bits per heavy atom. The lowest BCUT2D eigenvalue weighted by atomic mass is 10.0. The minimum atomic E-state index is -0.105. The van der Waals surface area contributed by atoms with Gasteiger partial charge < -0.3 is 4.42 Å². The fourth-order valence-electron chi connectivity index (χ4n) is 4.33. The fourth-order valence-corrected chi connectivity index (χ4v) is 4.33. The molecule has 33 heavy (non-hydrogen) atoms. The highest BCUT2D eigenvalue weighted by atomic mass is 16.4. The molecular formula is C29H27N3O. The highest BCUT2D eigenvalue weighted by Gasteiger charge is 2.30. The molecule has 1 aliphatic rings. The van der Waals surface area contributed by atoms with Crippen LogP contribution in [0, 0.1) is 6.92 Å². The Labute approximate surface area is 194 Å². The Balaban J connectivity index is 1.53. The summed E-state index contributed by atoms with van der Waals surface area (Å²) in [6, 6.07) is 29.2. The van der Waals surface area contributed by atoms with Crippen LogP contribution in [0.5, 0.6) is 0 Å². The Bertz CT molecular complexity index is 1220. The van der Waals surface area contributed by atoms with Crippen molar-refractivity contribution in [1.29, 1.82) is 0 Å². The predicted octanol–water partition coefficient (Wildman–Crippen LogP) is 6.67. The maximum atomic E-state index is 6.32. The second-order valence-corrected chi connectivity index (χ2v) is 8.47. The summed E-state index contributed by atoms with van der Waals surface area (Å²) in [5.74, 6) is 1.19. The summed E-state index contributed by atoms with van der Waals surface area (Å²) in [5.41, 5.74) is 5.89. The second-order valence-electron chi connectivity index (χ2n) is 8.47. The third kappa shape index (κ3) is 5.02. The number of benzene rings is 3. The molecule has 3 aromatic carbocycles. The number of aromatic nitrogens is 2. The SMILES string of the molecule is Cc1cccc(-c2nnc(C(C3=CC=CC3)N(Cc3ccccc3)Cc3ccccc3)o2)c1. The van der Waals surface area contributed by atoms with Crippen LogP contribution in [0.25, 0.3) is 11.5 Å². The molecule has 0 fully saturated rings. The van der Waals surface area contributed by atoms with Gasteiger partial charge in [0.2, 0.25) is 11.8 Å². The molecule has 5 rings (SSSR count). The van der Waals surface area contributed by atoms with Gasteiger partial charge in [-0.3, -0.25) is 4.90 Å². The van der Waals surface area contributed by atoms with Crippen LogP contribution in [0.3, 0.4) is 0 Å². The van der Waals surface area contributed by atoms with E-state index in [1.807, 2.05) is 12.1 Å². The van der Waals surface area contributed by atoms with Crippen molar-refractivity contribution < 1.29 is 4.42 Å². The molecule has 1 aliphatic carbocycles. The Kier molecular flexibility index (Phi) is 6.27. The largest absolute Gasteiger partial charge is 0.419 e. The van der Waals surface area contributed by atoms with E-state index in [1.54, 1.807) is 0 Å². The average Bonchev–Trinajstić information content (AvgIpc) is 3.54. The molecule has 1 heterocycles. The number of allylic oxidation sites excluding steroid dienone is 3. The summed E-state index contributed by atoms with van der Waals surface area (Å²) in [7, 11) is 0. The molecule has 1 aromatic heterocycles. The van der Waals surface area contributed by atoms with Gasteiger partial charge in [0.15, 0.2) is 0 Å². The van der Waals surface area contributed by atoms with Crippen LogP contribution in [0.2, 0.25) is 0 Å². The molecule has 1 atom stereocenters. The molecule has 0 radical (unpaired) electrons. The minimum Gasteiger partial charge on any atom is -0.419 e. The van der Waals surface area contributed by atoms with Gasteiger partial charge in [0.05, 0.1) is 0 Å². The maximum Gasteiger partial charge on any atom is 0.247 e. The van der Waals surface area contributed by atoms with Crippen LogP contribution >= 0.6 is 0 Å². The summed E-state index contributed by atoms with van der Waals surface area (Å²) < 4.78 is 6.32. The van der Waals surface area contributed by atoms with Gasteiger partial charge in [-0.2, -0.15) is 0 Å².